The van der Waals surface area contributed by atoms with Crippen molar-refractivity contribution < 1.29 is 9.53 Å². The van der Waals surface area contributed by atoms with Crippen molar-refractivity contribution in [2.45, 2.75) is 63.4 Å². The number of nitrogens with zero attached hydrogens (tertiary/aromatic N) is 3. The summed E-state index contributed by atoms with van der Waals surface area (Å²) in [6.07, 6.45) is 2.76. The summed E-state index contributed by atoms with van der Waals surface area (Å²) in [6, 6.07) is 18.7. The third kappa shape index (κ3) is 3.78. The average molecular weight is 477 g/mol. The molecule has 176 valence electrons. The number of unbranched alkanes of at least 4 members (excludes halogenated alkanes) is 1. The number of ether oxygens (including phenoxy) is 1. The van der Waals surface area contributed by atoms with Crippen LogP contribution in [-0.2, 0) is 28.0 Å². The van der Waals surface area contributed by atoms with E-state index < -0.39 is 5.41 Å². The fraction of sp³-hybridized carbons (Fsp3) is 0.407. The number of methoxy groups -OCH3 is 1. The van der Waals surface area contributed by atoms with Gasteiger partial charge in [-0.05, 0) is 62.1 Å². The quantitative estimate of drug-likeness (QED) is 0.361. The summed E-state index contributed by atoms with van der Waals surface area (Å²) in [4.78, 5) is 15.9. The van der Waals surface area contributed by atoms with Crippen LogP contribution in [0.4, 0.5) is 5.69 Å². The van der Waals surface area contributed by atoms with Crippen LogP contribution in [0, 0.1) is 11.3 Å². The molecule has 2 aliphatic rings. The Balaban J connectivity index is 1.47. The molecule has 0 radical (unpaired) electrons. The number of aryl methyl sites for hydroxylation is 1. The average Bonchev–Trinajstić information content (AvgIpc) is 3.26. The Morgan fingerprint density at radius 3 is 2.82 bits per heavy atom. The van der Waals surface area contributed by atoms with Gasteiger partial charge in [0.15, 0.2) is 0 Å². The van der Waals surface area contributed by atoms with Gasteiger partial charge in [0, 0.05) is 53.4 Å². The fourth-order valence-corrected chi connectivity index (χ4v) is 5.80. The van der Waals surface area contributed by atoms with Crippen LogP contribution in [0.1, 0.15) is 43.9 Å². The Kier molecular flexibility index (Phi) is 6.11. The summed E-state index contributed by atoms with van der Waals surface area (Å²) in [5.41, 5.74) is 3.78. The highest BCUT2D eigenvalue weighted by Gasteiger charge is 2.58. The van der Waals surface area contributed by atoms with Crippen molar-refractivity contribution in [1.82, 2.24) is 9.88 Å². The lowest BCUT2D eigenvalue weighted by Crippen LogP contribution is -2.58. The number of hydrogen-bond acceptors (Lipinski definition) is 4. The van der Waals surface area contributed by atoms with E-state index >= 15 is 0 Å². The van der Waals surface area contributed by atoms with E-state index in [1.165, 1.54) is 0 Å². The van der Waals surface area contributed by atoms with Gasteiger partial charge in [0.25, 0.3) is 0 Å². The molecule has 1 fully saturated rings. The van der Waals surface area contributed by atoms with Crippen LogP contribution in [-0.4, -0.2) is 29.9 Å². The topological polar surface area (TPSA) is 70.3 Å². The first-order valence-electron chi connectivity index (χ1n) is 11.8. The number of amides is 1. The second-order valence-electron chi connectivity index (χ2n) is 9.39. The van der Waals surface area contributed by atoms with Gasteiger partial charge < -0.3 is 14.2 Å². The van der Waals surface area contributed by atoms with E-state index in [-0.39, 0.29) is 18.2 Å². The molecule has 1 atom stereocenters. The number of hydrogen-bond donors (Lipinski definition) is 1. The highest BCUT2D eigenvalue weighted by molar-refractivity contribution is 6.31. The monoisotopic (exact) mass is 476 g/mol. The molecule has 0 bridgehead atoms. The highest BCUT2D eigenvalue weighted by Crippen LogP contribution is 2.54. The molecule has 34 heavy (non-hydrogen) atoms. The SMILES string of the molecule is COC(C)N[C@H]1C[C@@]2(C1)C(=O)N(Cc1cc3cc(Cl)ccc3n1CCCC#N)c1ccccc12. The van der Waals surface area contributed by atoms with Gasteiger partial charge in [-0.3, -0.25) is 10.1 Å². The summed E-state index contributed by atoms with van der Waals surface area (Å²) < 4.78 is 7.59. The molecule has 2 heterocycles. The molecule has 1 aliphatic carbocycles. The number of anilines is 1. The van der Waals surface area contributed by atoms with Crippen molar-refractivity contribution in [3.8, 4) is 6.07 Å². The third-order valence-corrected chi connectivity index (χ3v) is 7.55. The molecule has 5 rings (SSSR count). The van der Waals surface area contributed by atoms with Gasteiger partial charge >= 0.3 is 0 Å². The van der Waals surface area contributed by atoms with Gasteiger partial charge in [0.05, 0.1) is 18.0 Å². The van der Waals surface area contributed by atoms with Gasteiger partial charge in [-0.2, -0.15) is 5.26 Å². The molecule has 2 aromatic carbocycles. The standard InChI is InChI=1S/C27H29ClN4O2/c1-18(34-2)30-21-15-27(16-21)23-7-3-4-8-25(23)32(26(27)33)17-22-14-19-13-20(28)9-10-24(19)31(22)12-6-5-11-29/h3-4,7-10,13-14,18,21,30H,5-6,12,15-17H2,1-2H3/t18?,21-,27-. The Bertz CT molecular complexity index is 1270. The Hall–Kier alpha value is -2.85. The van der Waals surface area contributed by atoms with Crippen molar-refractivity contribution in [2.24, 2.45) is 0 Å². The molecule has 1 aromatic heterocycles. The number of aromatic nitrogens is 1. The van der Waals surface area contributed by atoms with Crippen LogP contribution < -0.4 is 10.2 Å². The van der Waals surface area contributed by atoms with E-state index in [0.717, 1.165) is 53.7 Å². The summed E-state index contributed by atoms with van der Waals surface area (Å²) in [6.45, 7) is 3.20. The number of fused-ring (bicyclic) bond motifs is 3. The summed E-state index contributed by atoms with van der Waals surface area (Å²) >= 11 is 6.26. The number of rotatable bonds is 8. The zero-order chi connectivity index (χ0) is 23.9. The molecular formula is C27H29ClN4O2. The summed E-state index contributed by atoms with van der Waals surface area (Å²) in [5, 5.41) is 14.2. The second-order valence-corrected chi connectivity index (χ2v) is 9.83. The Morgan fingerprint density at radius 2 is 2.06 bits per heavy atom. The Labute approximate surface area is 205 Å². The number of carbonyl (C=O) groups is 1. The molecule has 1 unspecified atom stereocenters. The van der Waals surface area contributed by atoms with Crippen LogP contribution in [0.2, 0.25) is 5.02 Å². The van der Waals surface area contributed by atoms with Crippen LogP contribution in [0.3, 0.4) is 0 Å². The van der Waals surface area contributed by atoms with Gasteiger partial charge in [0.2, 0.25) is 5.91 Å². The maximum absolute atomic E-state index is 13.9. The summed E-state index contributed by atoms with van der Waals surface area (Å²) in [5.74, 6) is 0.170. The van der Waals surface area contributed by atoms with E-state index in [4.69, 9.17) is 21.6 Å². The van der Waals surface area contributed by atoms with E-state index in [0.29, 0.717) is 18.0 Å². The number of nitrogens with one attached hydrogen (secondary N) is 1. The van der Waals surface area contributed by atoms with E-state index in [1.807, 2.05) is 42.2 Å². The van der Waals surface area contributed by atoms with Crippen LogP contribution in [0.15, 0.2) is 48.5 Å². The number of para-hydroxylation sites is 1. The Morgan fingerprint density at radius 1 is 1.26 bits per heavy atom. The highest BCUT2D eigenvalue weighted by atomic mass is 35.5. The number of halogens is 1. The molecule has 1 N–H and O–H groups in total. The predicted molar refractivity (Wildman–Crippen MR) is 134 cm³/mol. The number of nitriles is 1. The van der Waals surface area contributed by atoms with E-state index in [1.54, 1.807) is 7.11 Å². The van der Waals surface area contributed by atoms with Gasteiger partial charge in [-0.15, -0.1) is 0 Å². The molecular weight excluding hydrogens is 448 g/mol. The molecule has 1 aliphatic heterocycles. The zero-order valence-electron chi connectivity index (χ0n) is 19.6. The molecule has 0 saturated heterocycles. The predicted octanol–water partition coefficient (Wildman–Crippen LogP) is 5.13. The molecule has 1 amide bonds. The number of carbonyl (C=O) groups excluding carboxylic acids is 1. The van der Waals surface area contributed by atoms with E-state index in [2.05, 4.69) is 34.2 Å². The van der Waals surface area contributed by atoms with Crippen LogP contribution in [0.5, 0.6) is 0 Å². The minimum Gasteiger partial charge on any atom is -0.367 e. The van der Waals surface area contributed by atoms with Crippen LogP contribution in [0.25, 0.3) is 10.9 Å². The van der Waals surface area contributed by atoms with Crippen molar-refractivity contribution in [1.29, 1.82) is 5.26 Å². The van der Waals surface area contributed by atoms with E-state index in [9.17, 15) is 4.79 Å². The normalized spacial score (nSPS) is 22.1. The molecule has 7 heteroatoms. The molecule has 1 saturated carbocycles. The minimum atomic E-state index is -0.470. The van der Waals surface area contributed by atoms with Crippen molar-refractivity contribution in [2.75, 3.05) is 12.0 Å². The molecule has 1 spiro atoms. The third-order valence-electron chi connectivity index (χ3n) is 7.32. The lowest BCUT2D eigenvalue weighted by molar-refractivity contribution is -0.127. The number of benzene rings is 2. The first-order valence-corrected chi connectivity index (χ1v) is 12.2. The minimum absolute atomic E-state index is 0.0406. The lowest BCUT2D eigenvalue weighted by Gasteiger charge is -2.45. The first-order chi connectivity index (χ1) is 16.5. The largest absolute Gasteiger partial charge is 0.367 e. The fourth-order valence-electron chi connectivity index (χ4n) is 5.62. The van der Waals surface area contributed by atoms with Gasteiger partial charge in [-0.25, -0.2) is 0 Å². The van der Waals surface area contributed by atoms with Crippen molar-refractivity contribution in [3.63, 3.8) is 0 Å². The summed E-state index contributed by atoms with van der Waals surface area (Å²) in [7, 11) is 1.69. The van der Waals surface area contributed by atoms with Crippen molar-refractivity contribution in [3.05, 3.63) is 64.8 Å². The molecule has 6 nitrogen and oxygen atoms in total. The smallest absolute Gasteiger partial charge is 0.238 e. The van der Waals surface area contributed by atoms with Crippen LogP contribution >= 0.6 is 11.6 Å². The van der Waals surface area contributed by atoms with Gasteiger partial charge in [0.1, 0.15) is 6.23 Å². The zero-order valence-corrected chi connectivity index (χ0v) is 20.3. The first kappa shape index (κ1) is 22.9. The molecule has 3 aromatic rings. The maximum Gasteiger partial charge on any atom is 0.238 e. The lowest BCUT2D eigenvalue weighted by atomic mass is 9.62. The second kappa shape index (κ2) is 9.07. The maximum atomic E-state index is 13.9. The van der Waals surface area contributed by atoms with Gasteiger partial charge in [-0.1, -0.05) is 29.8 Å². The van der Waals surface area contributed by atoms with Crippen molar-refractivity contribution >= 4 is 34.1 Å².